The zero-order chi connectivity index (χ0) is 18.5. The van der Waals surface area contributed by atoms with Crippen LogP contribution in [0, 0.1) is 0 Å². The smallest absolute Gasteiger partial charge is 0.261 e. The first-order valence-corrected chi connectivity index (χ1v) is 9.50. The van der Waals surface area contributed by atoms with Crippen molar-refractivity contribution in [2.75, 3.05) is 0 Å². The summed E-state index contributed by atoms with van der Waals surface area (Å²) >= 11 is 0. The Hall–Kier alpha value is -2.95. The van der Waals surface area contributed by atoms with Crippen molar-refractivity contribution in [3.63, 3.8) is 0 Å². The van der Waals surface area contributed by atoms with Crippen molar-refractivity contribution in [1.82, 2.24) is 9.80 Å². The van der Waals surface area contributed by atoms with E-state index in [9.17, 15) is 14.4 Å². The summed E-state index contributed by atoms with van der Waals surface area (Å²) in [5.41, 5.74) is 2.36. The second kappa shape index (κ2) is 6.05. The third-order valence-electron chi connectivity index (χ3n) is 5.52. The van der Waals surface area contributed by atoms with E-state index in [1.807, 2.05) is 35.2 Å². The van der Waals surface area contributed by atoms with E-state index in [0.717, 1.165) is 31.2 Å². The van der Waals surface area contributed by atoms with Gasteiger partial charge in [-0.1, -0.05) is 30.3 Å². The molecule has 0 radical (unpaired) electrons. The van der Waals surface area contributed by atoms with Gasteiger partial charge in [0.1, 0.15) is 0 Å². The molecule has 0 aromatic heterocycles. The highest BCUT2D eigenvalue weighted by molar-refractivity contribution is 6.22. The molecule has 2 aromatic carbocycles. The van der Waals surface area contributed by atoms with E-state index in [2.05, 4.69) is 0 Å². The first-order chi connectivity index (χ1) is 13.1. The Bertz CT molecular complexity index is 945. The number of amides is 3. The van der Waals surface area contributed by atoms with Gasteiger partial charge in [-0.15, -0.1) is 0 Å². The monoisotopic (exact) mass is 360 g/mol. The maximum absolute atomic E-state index is 13.2. The lowest BCUT2D eigenvalue weighted by atomic mass is 10.0. The number of fused-ring (bicyclic) bond motifs is 1. The van der Waals surface area contributed by atoms with Crippen molar-refractivity contribution in [3.8, 4) is 0 Å². The first kappa shape index (κ1) is 16.2. The zero-order valence-corrected chi connectivity index (χ0v) is 14.9. The lowest BCUT2D eigenvalue weighted by Gasteiger charge is -2.23. The molecular weight excluding hydrogens is 340 g/mol. The largest absolute Gasteiger partial charge is 0.331 e. The molecular formula is C22H20N2O3. The van der Waals surface area contributed by atoms with Gasteiger partial charge in [-0.25, -0.2) is 0 Å². The van der Waals surface area contributed by atoms with Crippen LogP contribution in [0.4, 0.5) is 0 Å². The Morgan fingerprint density at radius 1 is 0.926 bits per heavy atom. The maximum atomic E-state index is 13.2. The third-order valence-corrected chi connectivity index (χ3v) is 5.52. The summed E-state index contributed by atoms with van der Waals surface area (Å²) in [7, 11) is 0. The van der Waals surface area contributed by atoms with Crippen LogP contribution in [-0.2, 0) is 6.54 Å². The Kier molecular flexibility index (Phi) is 3.64. The van der Waals surface area contributed by atoms with Gasteiger partial charge in [-0.05, 0) is 49.4 Å². The van der Waals surface area contributed by atoms with E-state index in [-0.39, 0.29) is 29.8 Å². The molecule has 0 spiro atoms. The molecule has 5 nitrogen and oxygen atoms in total. The standard InChI is InChI=1S/C22H20N2O3/c25-20(23(16-7-8-16)13-14-4-2-1-3-5-14)15-6-11-18-19(12-15)22(27)24(21(18)26)17-9-10-17/h1-6,11-12,16-17H,7-10,13H2. The summed E-state index contributed by atoms with van der Waals surface area (Å²) in [6, 6.07) is 15.2. The predicted octanol–water partition coefficient (Wildman–Crippen LogP) is 3.25. The number of benzene rings is 2. The molecule has 27 heavy (non-hydrogen) atoms. The number of nitrogens with zero attached hydrogens (tertiary/aromatic N) is 2. The third kappa shape index (κ3) is 2.83. The summed E-state index contributed by atoms with van der Waals surface area (Å²) in [6.07, 6.45) is 3.78. The van der Waals surface area contributed by atoms with Crippen LogP contribution in [0.2, 0.25) is 0 Å². The van der Waals surface area contributed by atoms with Gasteiger partial charge in [-0.2, -0.15) is 0 Å². The van der Waals surface area contributed by atoms with E-state index >= 15 is 0 Å². The van der Waals surface area contributed by atoms with Crippen LogP contribution in [0.25, 0.3) is 0 Å². The molecule has 3 aliphatic rings. The molecule has 0 bridgehead atoms. The average Bonchev–Trinajstić information content (AvgIpc) is 3.60. The second-order valence-electron chi connectivity index (χ2n) is 7.62. The van der Waals surface area contributed by atoms with Crippen LogP contribution < -0.4 is 0 Å². The molecule has 2 aliphatic carbocycles. The topological polar surface area (TPSA) is 57.7 Å². The van der Waals surface area contributed by atoms with Crippen LogP contribution in [-0.4, -0.2) is 39.6 Å². The highest BCUT2D eigenvalue weighted by atomic mass is 16.2. The van der Waals surface area contributed by atoms with Crippen LogP contribution >= 0.6 is 0 Å². The molecule has 0 saturated heterocycles. The SMILES string of the molecule is O=C(c1ccc2c(c1)C(=O)N(C1CC1)C2=O)N(Cc1ccccc1)C1CC1. The van der Waals surface area contributed by atoms with E-state index in [0.29, 0.717) is 23.2 Å². The maximum Gasteiger partial charge on any atom is 0.261 e. The van der Waals surface area contributed by atoms with E-state index in [4.69, 9.17) is 0 Å². The van der Waals surface area contributed by atoms with Gasteiger partial charge in [0, 0.05) is 24.2 Å². The van der Waals surface area contributed by atoms with Crippen LogP contribution in [0.5, 0.6) is 0 Å². The van der Waals surface area contributed by atoms with Crippen LogP contribution in [0.3, 0.4) is 0 Å². The minimum absolute atomic E-state index is 0.0394. The first-order valence-electron chi connectivity index (χ1n) is 9.50. The van der Waals surface area contributed by atoms with Crippen molar-refractivity contribution in [2.45, 2.75) is 44.3 Å². The van der Waals surface area contributed by atoms with Crippen LogP contribution in [0.1, 0.15) is 62.3 Å². The molecule has 1 aliphatic heterocycles. The second-order valence-corrected chi connectivity index (χ2v) is 7.62. The lowest BCUT2D eigenvalue weighted by Crippen LogP contribution is -2.33. The number of rotatable bonds is 5. The van der Waals surface area contributed by atoms with Crippen molar-refractivity contribution >= 4 is 17.7 Å². The van der Waals surface area contributed by atoms with E-state index in [1.165, 1.54) is 4.90 Å². The Balaban J connectivity index is 1.43. The summed E-state index contributed by atoms with van der Waals surface area (Å²) in [5.74, 6) is -0.553. The van der Waals surface area contributed by atoms with Crippen LogP contribution in [0.15, 0.2) is 48.5 Å². The fourth-order valence-electron chi connectivity index (χ4n) is 3.76. The van der Waals surface area contributed by atoms with Crippen molar-refractivity contribution in [2.24, 2.45) is 0 Å². The van der Waals surface area contributed by atoms with Gasteiger partial charge in [0.2, 0.25) is 0 Å². The number of carbonyl (C=O) groups is 3. The van der Waals surface area contributed by atoms with Gasteiger partial charge in [-0.3, -0.25) is 19.3 Å². The van der Waals surface area contributed by atoms with E-state index < -0.39 is 0 Å². The highest BCUT2D eigenvalue weighted by Gasteiger charge is 2.44. The Labute approximate surface area is 157 Å². The Morgan fingerprint density at radius 2 is 1.63 bits per heavy atom. The number of hydrogen-bond acceptors (Lipinski definition) is 3. The fraction of sp³-hybridized carbons (Fsp3) is 0.318. The summed E-state index contributed by atoms with van der Waals surface area (Å²) < 4.78 is 0. The molecule has 2 aromatic rings. The van der Waals surface area contributed by atoms with Gasteiger partial charge in [0.15, 0.2) is 0 Å². The molecule has 2 saturated carbocycles. The molecule has 0 atom stereocenters. The zero-order valence-electron chi connectivity index (χ0n) is 14.9. The number of hydrogen-bond donors (Lipinski definition) is 0. The Morgan fingerprint density at radius 3 is 2.30 bits per heavy atom. The molecule has 0 unspecified atom stereocenters. The van der Waals surface area contributed by atoms with Crippen molar-refractivity contribution < 1.29 is 14.4 Å². The molecule has 136 valence electrons. The molecule has 0 N–H and O–H groups in total. The van der Waals surface area contributed by atoms with Gasteiger partial charge in [0.25, 0.3) is 17.7 Å². The fourth-order valence-corrected chi connectivity index (χ4v) is 3.76. The lowest BCUT2D eigenvalue weighted by molar-refractivity contribution is 0.0642. The van der Waals surface area contributed by atoms with Crippen molar-refractivity contribution in [1.29, 1.82) is 0 Å². The van der Waals surface area contributed by atoms with Gasteiger partial charge < -0.3 is 4.90 Å². The van der Waals surface area contributed by atoms with Crippen molar-refractivity contribution in [3.05, 3.63) is 70.8 Å². The summed E-state index contributed by atoms with van der Waals surface area (Å²) in [5, 5.41) is 0. The predicted molar refractivity (Wildman–Crippen MR) is 99.3 cm³/mol. The summed E-state index contributed by atoms with van der Waals surface area (Å²) in [6.45, 7) is 0.558. The normalized spacial score (nSPS) is 18.6. The minimum atomic E-state index is -0.256. The molecule has 1 heterocycles. The molecule has 5 rings (SSSR count). The average molecular weight is 360 g/mol. The number of imide groups is 1. The quantitative estimate of drug-likeness (QED) is 0.769. The molecule has 2 fully saturated rings. The van der Waals surface area contributed by atoms with Gasteiger partial charge >= 0.3 is 0 Å². The van der Waals surface area contributed by atoms with E-state index in [1.54, 1.807) is 18.2 Å². The summed E-state index contributed by atoms with van der Waals surface area (Å²) in [4.78, 5) is 41.5. The molecule has 3 amide bonds. The molecule has 5 heteroatoms. The minimum Gasteiger partial charge on any atom is -0.331 e. The highest BCUT2D eigenvalue weighted by Crippen LogP contribution is 2.35. The van der Waals surface area contributed by atoms with Gasteiger partial charge in [0.05, 0.1) is 11.1 Å². The number of carbonyl (C=O) groups excluding carboxylic acids is 3.